The fraction of sp³-hybridized carbons (Fsp3) is 0.800. The van der Waals surface area contributed by atoms with Crippen molar-refractivity contribution >= 4 is 11.8 Å². The molecule has 0 aliphatic carbocycles. The molecule has 0 saturated heterocycles. The molecule has 0 amide bonds. The topological polar surface area (TPSA) is 54.4 Å². The average Bonchev–Trinajstić information content (AvgIpc) is 2.43. The highest BCUT2D eigenvalue weighted by molar-refractivity contribution is 5.94. The number of carbonyl (C=O) groups is 2. The van der Waals surface area contributed by atoms with Gasteiger partial charge in [0.1, 0.15) is 0 Å². The van der Waals surface area contributed by atoms with E-state index in [1.54, 1.807) is 0 Å². The summed E-state index contributed by atoms with van der Waals surface area (Å²) < 4.78 is 0. The summed E-state index contributed by atoms with van der Waals surface area (Å²) in [6.07, 6.45) is 9.12. The van der Waals surface area contributed by atoms with Gasteiger partial charge in [-0.1, -0.05) is 53.0 Å². The number of hydrogen-bond acceptors (Lipinski definition) is 2. The zero-order chi connectivity index (χ0) is 17.8. The van der Waals surface area contributed by atoms with Crippen molar-refractivity contribution in [1.29, 1.82) is 0 Å². The van der Waals surface area contributed by atoms with Crippen molar-refractivity contribution in [2.45, 2.75) is 86.0 Å². The van der Waals surface area contributed by atoms with E-state index in [4.69, 9.17) is 5.11 Å². The Bertz CT molecular complexity index is 382. The molecule has 0 fully saturated rings. The maximum atomic E-state index is 12.1. The predicted octanol–water partition coefficient (Wildman–Crippen LogP) is 5.64. The number of carboxylic acids is 1. The van der Waals surface area contributed by atoms with Crippen LogP contribution in [0.15, 0.2) is 11.6 Å². The van der Waals surface area contributed by atoms with Crippen molar-refractivity contribution in [2.75, 3.05) is 0 Å². The summed E-state index contributed by atoms with van der Waals surface area (Å²) in [4.78, 5) is 22.7. The van der Waals surface area contributed by atoms with Crippen molar-refractivity contribution in [1.82, 2.24) is 0 Å². The lowest BCUT2D eigenvalue weighted by Gasteiger charge is -2.13. The standard InChI is InChI=1S/C20H36O3/c1-15(2)8-6-11-18(5)19(21)13-12-16(3)9-7-10-17(4)14-20(22)23/h11,15-17H,6-10,12-14H2,1-5H3,(H,22,23)/b18-11+/t16-,17-/m0/s1. The number of carbonyl (C=O) groups excluding carboxylic acids is 1. The van der Waals surface area contributed by atoms with E-state index >= 15 is 0 Å². The molecule has 1 N–H and O–H groups in total. The zero-order valence-corrected chi connectivity index (χ0v) is 15.7. The van der Waals surface area contributed by atoms with Crippen molar-refractivity contribution < 1.29 is 14.7 Å². The van der Waals surface area contributed by atoms with E-state index in [9.17, 15) is 9.59 Å². The summed E-state index contributed by atoms with van der Waals surface area (Å²) in [6, 6.07) is 0. The summed E-state index contributed by atoms with van der Waals surface area (Å²) in [7, 11) is 0. The van der Waals surface area contributed by atoms with Gasteiger partial charge in [-0.3, -0.25) is 9.59 Å². The van der Waals surface area contributed by atoms with Crippen molar-refractivity contribution in [3.05, 3.63) is 11.6 Å². The zero-order valence-electron chi connectivity index (χ0n) is 15.7. The molecule has 3 nitrogen and oxygen atoms in total. The molecule has 0 radical (unpaired) electrons. The molecule has 0 spiro atoms. The van der Waals surface area contributed by atoms with Crippen LogP contribution in [0.5, 0.6) is 0 Å². The Kier molecular flexibility index (Phi) is 11.7. The molecule has 0 aromatic rings. The molecule has 0 bridgehead atoms. The third-order valence-electron chi connectivity index (χ3n) is 4.42. The van der Waals surface area contributed by atoms with Gasteiger partial charge in [-0.15, -0.1) is 0 Å². The third kappa shape index (κ3) is 13.1. The minimum absolute atomic E-state index is 0.243. The van der Waals surface area contributed by atoms with E-state index in [1.165, 1.54) is 0 Å². The fourth-order valence-electron chi connectivity index (χ4n) is 2.68. The molecule has 0 aromatic heterocycles. The van der Waals surface area contributed by atoms with Gasteiger partial charge in [0.25, 0.3) is 0 Å². The second-order valence-electron chi connectivity index (χ2n) is 7.56. The molecule has 134 valence electrons. The molecule has 3 heteroatoms. The Morgan fingerprint density at radius 1 is 0.957 bits per heavy atom. The van der Waals surface area contributed by atoms with Crippen LogP contribution in [0.25, 0.3) is 0 Å². The quantitative estimate of drug-likeness (QED) is 0.446. The first-order valence-corrected chi connectivity index (χ1v) is 9.14. The van der Waals surface area contributed by atoms with Gasteiger partial charge >= 0.3 is 5.97 Å². The fourth-order valence-corrected chi connectivity index (χ4v) is 2.68. The van der Waals surface area contributed by atoms with E-state index in [1.807, 2.05) is 13.8 Å². The third-order valence-corrected chi connectivity index (χ3v) is 4.42. The average molecular weight is 325 g/mol. The van der Waals surface area contributed by atoms with Crippen LogP contribution in [0.4, 0.5) is 0 Å². The Balaban J connectivity index is 3.88. The first-order chi connectivity index (χ1) is 10.7. The first-order valence-electron chi connectivity index (χ1n) is 9.14. The number of aliphatic carboxylic acids is 1. The number of carboxylic acid groups (broad SMARTS) is 1. The lowest BCUT2D eigenvalue weighted by atomic mass is 9.92. The van der Waals surface area contributed by atoms with Gasteiger partial charge < -0.3 is 5.11 Å². The monoisotopic (exact) mass is 324 g/mol. The van der Waals surface area contributed by atoms with Gasteiger partial charge in [-0.25, -0.2) is 0 Å². The number of hydrogen-bond donors (Lipinski definition) is 1. The molecule has 0 rings (SSSR count). The molecule has 2 atom stereocenters. The largest absolute Gasteiger partial charge is 0.481 e. The van der Waals surface area contributed by atoms with Gasteiger partial charge in [0.15, 0.2) is 5.78 Å². The molecule has 0 aliphatic heterocycles. The SMILES string of the molecule is C/C(=C\CCC(C)C)C(=O)CC[C@@H](C)CCC[C@H](C)CC(=O)O. The maximum Gasteiger partial charge on any atom is 0.303 e. The summed E-state index contributed by atoms with van der Waals surface area (Å²) in [6.45, 7) is 10.5. The highest BCUT2D eigenvalue weighted by atomic mass is 16.4. The minimum Gasteiger partial charge on any atom is -0.481 e. The van der Waals surface area contributed by atoms with Crippen LogP contribution in [-0.2, 0) is 9.59 Å². The van der Waals surface area contributed by atoms with E-state index in [-0.39, 0.29) is 18.1 Å². The van der Waals surface area contributed by atoms with Gasteiger partial charge in [0.2, 0.25) is 0 Å². The molecule has 0 unspecified atom stereocenters. The molecular formula is C20H36O3. The van der Waals surface area contributed by atoms with Crippen LogP contribution in [0, 0.1) is 17.8 Å². The highest BCUT2D eigenvalue weighted by Gasteiger charge is 2.11. The number of rotatable bonds is 13. The summed E-state index contributed by atoms with van der Waals surface area (Å²) >= 11 is 0. The Hall–Kier alpha value is -1.12. The van der Waals surface area contributed by atoms with Crippen LogP contribution < -0.4 is 0 Å². The van der Waals surface area contributed by atoms with Crippen molar-refractivity contribution in [3.63, 3.8) is 0 Å². The van der Waals surface area contributed by atoms with E-state index < -0.39 is 5.97 Å². The lowest BCUT2D eigenvalue weighted by Crippen LogP contribution is -2.06. The van der Waals surface area contributed by atoms with Crippen LogP contribution in [0.1, 0.15) is 86.0 Å². The van der Waals surface area contributed by atoms with Gasteiger partial charge in [-0.05, 0) is 49.5 Å². The predicted molar refractivity (Wildman–Crippen MR) is 96.5 cm³/mol. The van der Waals surface area contributed by atoms with Gasteiger partial charge in [-0.2, -0.15) is 0 Å². The Morgan fingerprint density at radius 2 is 1.57 bits per heavy atom. The van der Waals surface area contributed by atoms with Crippen molar-refractivity contribution in [3.8, 4) is 0 Å². The van der Waals surface area contributed by atoms with Crippen LogP contribution in [-0.4, -0.2) is 16.9 Å². The van der Waals surface area contributed by atoms with Gasteiger partial charge in [0, 0.05) is 12.8 Å². The molecule has 0 aromatic carbocycles. The summed E-state index contributed by atoms with van der Waals surface area (Å²) in [5, 5.41) is 8.74. The summed E-state index contributed by atoms with van der Waals surface area (Å²) in [5.74, 6) is 1.01. The van der Waals surface area contributed by atoms with Crippen LogP contribution in [0.3, 0.4) is 0 Å². The van der Waals surface area contributed by atoms with Crippen molar-refractivity contribution in [2.24, 2.45) is 17.8 Å². The summed E-state index contributed by atoms with van der Waals surface area (Å²) in [5.41, 5.74) is 0.910. The molecule has 23 heavy (non-hydrogen) atoms. The van der Waals surface area contributed by atoms with Crippen LogP contribution in [0.2, 0.25) is 0 Å². The molecular weight excluding hydrogens is 288 g/mol. The number of ketones is 1. The Morgan fingerprint density at radius 3 is 2.13 bits per heavy atom. The first kappa shape index (κ1) is 21.9. The number of allylic oxidation sites excluding steroid dienone is 2. The smallest absolute Gasteiger partial charge is 0.303 e. The van der Waals surface area contributed by atoms with E-state index in [0.717, 1.165) is 44.1 Å². The van der Waals surface area contributed by atoms with Crippen LogP contribution >= 0.6 is 0 Å². The molecule has 0 heterocycles. The van der Waals surface area contributed by atoms with E-state index in [2.05, 4.69) is 26.8 Å². The lowest BCUT2D eigenvalue weighted by molar-refractivity contribution is -0.138. The highest BCUT2D eigenvalue weighted by Crippen LogP contribution is 2.19. The minimum atomic E-state index is -0.712. The normalized spacial score (nSPS) is 14.8. The number of Topliss-reactive ketones (excluding diaryl/α,β-unsaturated/α-hetero) is 1. The molecule has 0 saturated carbocycles. The second-order valence-corrected chi connectivity index (χ2v) is 7.56. The van der Waals surface area contributed by atoms with E-state index in [0.29, 0.717) is 18.3 Å². The Labute approximate surface area is 142 Å². The van der Waals surface area contributed by atoms with Gasteiger partial charge in [0.05, 0.1) is 0 Å². The second kappa shape index (κ2) is 12.3. The molecule has 0 aliphatic rings. The maximum absolute atomic E-state index is 12.1.